The molecule has 1 aromatic heterocycles. The predicted molar refractivity (Wildman–Crippen MR) is 66.5 cm³/mol. The molecule has 0 aliphatic carbocycles. The van der Waals surface area contributed by atoms with E-state index in [0.717, 1.165) is 0 Å². The van der Waals surface area contributed by atoms with Crippen molar-refractivity contribution in [1.29, 1.82) is 0 Å². The molecular formula is C11H20N2OSi. The first-order valence-corrected chi connectivity index (χ1v) is 8.04. The van der Waals surface area contributed by atoms with Gasteiger partial charge in [0.2, 0.25) is 0 Å². The monoisotopic (exact) mass is 224 g/mol. The number of nitrogen functional groups attached to an aromatic ring is 1. The molecule has 0 amide bonds. The SMILES string of the molecule is CC(C)(C)[Si](C)(C)Oc1cccnc1N. The summed E-state index contributed by atoms with van der Waals surface area (Å²) in [4.78, 5) is 4.02. The van der Waals surface area contributed by atoms with Crippen LogP contribution in [0.4, 0.5) is 5.82 Å². The highest BCUT2D eigenvalue weighted by atomic mass is 28.4. The van der Waals surface area contributed by atoms with Gasteiger partial charge in [0.25, 0.3) is 8.32 Å². The van der Waals surface area contributed by atoms with E-state index < -0.39 is 8.32 Å². The van der Waals surface area contributed by atoms with E-state index in [1.54, 1.807) is 6.20 Å². The van der Waals surface area contributed by atoms with Crippen LogP contribution in [0.2, 0.25) is 18.1 Å². The average Bonchev–Trinajstić information content (AvgIpc) is 2.06. The minimum absolute atomic E-state index is 0.176. The number of rotatable bonds is 2. The Morgan fingerprint density at radius 3 is 2.40 bits per heavy atom. The third kappa shape index (κ3) is 2.72. The fourth-order valence-corrected chi connectivity index (χ4v) is 1.95. The fourth-order valence-electron chi connectivity index (χ4n) is 0.917. The predicted octanol–water partition coefficient (Wildman–Crippen LogP) is 3.05. The van der Waals surface area contributed by atoms with Crippen LogP contribution in [0.15, 0.2) is 18.3 Å². The second-order valence-electron chi connectivity index (χ2n) is 5.25. The Kier molecular flexibility index (Phi) is 3.09. The van der Waals surface area contributed by atoms with Gasteiger partial charge in [-0.25, -0.2) is 4.98 Å². The highest BCUT2D eigenvalue weighted by Crippen LogP contribution is 2.38. The Bertz CT molecular complexity index is 345. The maximum absolute atomic E-state index is 6.05. The van der Waals surface area contributed by atoms with Gasteiger partial charge in [0.15, 0.2) is 5.82 Å². The fraction of sp³-hybridized carbons (Fsp3) is 0.545. The summed E-state index contributed by atoms with van der Waals surface area (Å²) < 4.78 is 6.05. The number of nitrogens with two attached hydrogens (primary N) is 1. The number of nitrogens with zero attached hydrogens (tertiary/aromatic N) is 1. The van der Waals surface area contributed by atoms with E-state index in [0.29, 0.717) is 11.6 Å². The molecule has 0 saturated carbocycles. The van der Waals surface area contributed by atoms with Crippen LogP contribution >= 0.6 is 0 Å². The Morgan fingerprint density at radius 2 is 1.93 bits per heavy atom. The van der Waals surface area contributed by atoms with E-state index in [4.69, 9.17) is 10.2 Å². The van der Waals surface area contributed by atoms with Gasteiger partial charge in [0.1, 0.15) is 5.75 Å². The minimum Gasteiger partial charge on any atom is -0.541 e. The molecule has 0 aromatic carbocycles. The van der Waals surface area contributed by atoms with Crippen molar-refractivity contribution >= 4 is 14.1 Å². The molecular weight excluding hydrogens is 204 g/mol. The van der Waals surface area contributed by atoms with Crippen LogP contribution < -0.4 is 10.2 Å². The molecule has 1 heterocycles. The number of aromatic nitrogens is 1. The van der Waals surface area contributed by atoms with Gasteiger partial charge >= 0.3 is 0 Å². The highest BCUT2D eigenvalue weighted by molar-refractivity contribution is 6.74. The van der Waals surface area contributed by atoms with Gasteiger partial charge < -0.3 is 10.2 Å². The van der Waals surface area contributed by atoms with Crippen LogP contribution in [0.1, 0.15) is 20.8 Å². The molecule has 0 atom stereocenters. The van der Waals surface area contributed by atoms with Crippen molar-refractivity contribution in [3.05, 3.63) is 18.3 Å². The van der Waals surface area contributed by atoms with E-state index in [1.807, 2.05) is 12.1 Å². The van der Waals surface area contributed by atoms with Gasteiger partial charge in [0.05, 0.1) is 0 Å². The summed E-state index contributed by atoms with van der Waals surface area (Å²) in [6.07, 6.45) is 1.67. The molecule has 0 spiro atoms. The summed E-state index contributed by atoms with van der Waals surface area (Å²) in [7, 11) is -1.80. The molecule has 3 nitrogen and oxygen atoms in total. The van der Waals surface area contributed by atoms with E-state index >= 15 is 0 Å². The lowest BCUT2D eigenvalue weighted by Crippen LogP contribution is -2.44. The molecule has 0 aliphatic heterocycles. The molecule has 84 valence electrons. The summed E-state index contributed by atoms with van der Waals surface area (Å²) in [5.41, 5.74) is 5.76. The van der Waals surface area contributed by atoms with Crippen molar-refractivity contribution in [2.45, 2.75) is 38.9 Å². The van der Waals surface area contributed by atoms with Crippen LogP contribution in [0.3, 0.4) is 0 Å². The van der Waals surface area contributed by atoms with Crippen molar-refractivity contribution < 1.29 is 4.43 Å². The molecule has 15 heavy (non-hydrogen) atoms. The normalized spacial score (nSPS) is 12.6. The van der Waals surface area contributed by atoms with E-state index in [-0.39, 0.29) is 5.04 Å². The lowest BCUT2D eigenvalue weighted by atomic mass is 10.2. The lowest BCUT2D eigenvalue weighted by molar-refractivity contribution is 0.492. The number of pyridine rings is 1. The lowest BCUT2D eigenvalue weighted by Gasteiger charge is -2.36. The first kappa shape index (κ1) is 12.0. The number of hydrogen-bond acceptors (Lipinski definition) is 3. The topological polar surface area (TPSA) is 48.1 Å². The summed E-state index contributed by atoms with van der Waals surface area (Å²) in [5, 5.41) is 0.176. The molecule has 1 aromatic rings. The quantitative estimate of drug-likeness (QED) is 0.785. The van der Waals surface area contributed by atoms with Gasteiger partial charge in [-0.1, -0.05) is 20.8 Å². The second kappa shape index (κ2) is 3.85. The van der Waals surface area contributed by atoms with Crippen molar-refractivity contribution in [3.63, 3.8) is 0 Å². The number of hydrogen-bond donors (Lipinski definition) is 1. The molecule has 0 radical (unpaired) electrons. The van der Waals surface area contributed by atoms with Gasteiger partial charge in [-0.3, -0.25) is 0 Å². The zero-order valence-electron chi connectivity index (χ0n) is 10.2. The van der Waals surface area contributed by atoms with E-state index in [9.17, 15) is 0 Å². The van der Waals surface area contributed by atoms with Gasteiger partial charge in [0, 0.05) is 6.20 Å². The van der Waals surface area contributed by atoms with Crippen LogP contribution in [-0.4, -0.2) is 13.3 Å². The number of anilines is 1. The van der Waals surface area contributed by atoms with Crippen molar-refractivity contribution in [2.24, 2.45) is 0 Å². The minimum atomic E-state index is -1.80. The van der Waals surface area contributed by atoms with Crippen LogP contribution in [0.5, 0.6) is 5.75 Å². The molecule has 0 fully saturated rings. The maximum Gasteiger partial charge on any atom is 0.250 e. The van der Waals surface area contributed by atoms with Crippen molar-refractivity contribution in [3.8, 4) is 5.75 Å². The first-order chi connectivity index (χ1) is 6.74. The Labute approximate surface area is 92.8 Å². The van der Waals surface area contributed by atoms with Crippen molar-refractivity contribution in [1.82, 2.24) is 4.98 Å². The molecule has 2 N–H and O–H groups in total. The van der Waals surface area contributed by atoms with Crippen molar-refractivity contribution in [2.75, 3.05) is 5.73 Å². The van der Waals surface area contributed by atoms with E-state index in [1.165, 1.54) is 0 Å². The molecule has 0 saturated heterocycles. The average molecular weight is 224 g/mol. The summed E-state index contributed by atoms with van der Waals surface area (Å²) >= 11 is 0. The van der Waals surface area contributed by atoms with Crippen LogP contribution in [0.25, 0.3) is 0 Å². The molecule has 0 aliphatic rings. The zero-order valence-corrected chi connectivity index (χ0v) is 11.2. The van der Waals surface area contributed by atoms with Gasteiger partial charge in [-0.2, -0.15) is 0 Å². The summed E-state index contributed by atoms with van der Waals surface area (Å²) in [6.45, 7) is 11.0. The third-order valence-corrected chi connectivity index (χ3v) is 7.31. The zero-order chi connectivity index (χ0) is 11.7. The second-order valence-corrected chi connectivity index (χ2v) is 9.97. The Balaban J connectivity index is 2.92. The summed E-state index contributed by atoms with van der Waals surface area (Å²) in [5.74, 6) is 1.19. The molecule has 1 rings (SSSR count). The van der Waals surface area contributed by atoms with Crippen LogP contribution in [-0.2, 0) is 0 Å². The molecule has 4 heteroatoms. The first-order valence-electron chi connectivity index (χ1n) is 5.13. The summed E-state index contributed by atoms with van der Waals surface area (Å²) in [6, 6.07) is 3.72. The largest absolute Gasteiger partial charge is 0.541 e. The molecule has 0 bridgehead atoms. The van der Waals surface area contributed by atoms with Gasteiger partial charge in [-0.15, -0.1) is 0 Å². The third-order valence-electron chi connectivity index (χ3n) is 2.97. The highest BCUT2D eigenvalue weighted by Gasteiger charge is 2.39. The van der Waals surface area contributed by atoms with Gasteiger partial charge in [-0.05, 0) is 30.3 Å². The van der Waals surface area contributed by atoms with E-state index in [2.05, 4.69) is 38.8 Å². The molecule has 0 unspecified atom stereocenters. The Hall–Kier alpha value is -1.03. The smallest absolute Gasteiger partial charge is 0.250 e. The van der Waals surface area contributed by atoms with Crippen LogP contribution in [0, 0.1) is 0 Å². The maximum atomic E-state index is 6.05. The Morgan fingerprint density at radius 1 is 1.33 bits per heavy atom. The standard InChI is InChI=1S/C11H20N2OSi/c1-11(2,3)15(4,5)14-9-7-6-8-13-10(9)12/h6-8H,1-5H3,(H2,12,13).